The smallest absolute Gasteiger partial charge is 0.227 e. The fraction of sp³-hybridized carbons (Fsp3) is 0.421. The van der Waals surface area contributed by atoms with Crippen LogP contribution in [0.3, 0.4) is 0 Å². The molecule has 1 aromatic heterocycles. The first-order valence-corrected chi connectivity index (χ1v) is 9.37. The average Bonchev–Trinajstić information content (AvgIpc) is 2.65. The van der Waals surface area contributed by atoms with Gasteiger partial charge in [-0.3, -0.25) is 4.79 Å². The average molecular weight is 393 g/mol. The lowest BCUT2D eigenvalue weighted by Gasteiger charge is -2.51. The quantitative estimate of drug-likeness (QED) is 0.726. The number of nitrogens with zero attached hydrogens (tertiary/aromatic N) is 4. The monoisotopic (exact) mass is 392 g/mol. The minimum absolute atomic E-state index is 0.0363. The van der Waals surface area contributed by atoms with Crippen molar-refractivity contribution in [3.05, 3.63) is 47.4 Å². The zero-order chi connectivity index (χ0) is 19.0. The van der Waals surface area contributed by atoms with Crippen molar-refractivity contribution in [3.63, 3.8) is 0 Å². The highest BCUT2D eigenvalue weighted by Gasteiger charge is 2.45. The first-order valence-electron chi connectivity index (χ1n) is 8.99. The van der Waals surface area contributed by atoms with Gasteiger partial charge in [0.1, 0.15) is 17.3 Å². The second-order valence-corrected chi connectivity index (χ2v) is 7.48. The number of carbonyl (C=O) groups is 1. The van der Waals surface area contributed by atoms with Gasteiger partial charge in [-0.1, -0.05) is 11.6 Å². The Bertz CT molecular complexity index is 871. The fourth-order valence-corrected chi connectivity index (χ4v) is 4.36. The Morgan fingerprint density at radius 2 is 1.81 bits per heavy atom. The van der Waals surface area contributed by atoms with Gasteiger partial charge in [-0.2, -0.15) is 0 Å². The van der Waals surface area contributed by atoms with Crippen LogP contribution in [0.4, 0.5) is 20.3 Å². The molecule has 2 fully saturated rings. The fourth-order valence-electron chi connectivity index (χ4n) is 4.22. The van der Waals surface area contributed by atoms with Crippen molar-refractivity contribution in [1.82, 2.24) is 9.97 Å². The van der Waals surface area contributed by atoms with Crippen molar-refractivity contribution in [2.75, 3.05) is 22.9 Å². The van der Waals surface area contributed by atoms with E-state index in [1.54, 1.807) is 11.0 Å². The number of piperidine rings is 2. The lowest BCUT2D eigenvalue weighted by Crippen LogP contribution is -2.60. The number of benzene rings is 1. The highest BCUT2D eigenvalue weighted by Crippen LogP contribution is 2.41. The molecular weight excluding hydrogens is 374 g/mol. The molecule has 0 N–H and O–H groups in total. The van der Waals surface area contributed by atoms with Crippen LogP contribution in [0.25, 0.3) is 0 Å². The maximum atomic E-state index is 13.8. The molecule has 1 aromatic carbocycles. The third-order valence-corrected chi connectivity index (χ3v) is 5.76. The summed E-state index contributed by atoms with van der Waals surface area (Å²) >= 11 is 5.96. The van der Waals surface area contributed by atoms with Crippen molar-refractivity contribution in [2.45, 2.75) is 37.6 Å². The number of hydrogen-bond acceptors (Lipinski definition) is 4. The van der Waals surface area contributed by atoms with Gasteiger partial charge >= 0.3 is 0 Å². The molecule has 5 nitrogen and oxygen atoms in total. The Kier molecular flexibility index (Phi) is 4.72. The molecule has 0 bridgehead atoms. The summed E-state index contributed by atoms with van der Waals surface area (Å²) in [5.74, 6) is -1.13. The third kappa shape index (κ3) is 3.36. The standard InChI is InChI=1S/C19H19ClF2N4O/c20-16-11-17(24-12-23-16)25-8-6-19(7-9-25)5-1-2-18(27)26(19)13-3-4-14(21)15(22)10-13/h3-4,10-12H,1-2,5-9H2. The number of amides is 1. The SMILES string of the molecule is O=C1CCCC2(CCN(c3cc(Cl)ncn3)CC2)N1c1ccc(F)c(F)c1. The summed E-state index contributed by atoms with van der Waals surface area (Å²) in [5.41, 5.74) is 0.0459. The molecule has 2 aliphatic rings. The molecule has 2 saturated heterocycles. The molecule has 1 spiro atoms. The molecule has 27 heavy (non-hydrogen) atoms. The van der Waals surface area contributed by atoms with Crippen LogP contribution < -0.4 is 9.80 Å². The Morgan fingerprint density at radius 3 is 2.52 bits per heavy atom. The zero-order valence-corrected chi connectivity index (χ0v) is 15.4. The van der Waals surface area contributed by atoms with E-state index in [2.05, 4.69) is 14.9 Å². The predicted octanol–water partition coefficient (Wildman–Crippen LogP) is 3.96. The van der Waals surface area contributed by atoms with E-state index in [-0.39, 0.29) is 11.4 Å². The molecule has 0 atom stereocenters. The molecule has 8 heteroatoms. The first kappa shape index (κ1) is 18.1. The van der Waals surface area contributed by atoms with E-state index in [0.717, 1.165) is 43.6 Å². The second-order valence-electron chi connectivity index (χ2n) is 7.09. The van der Waals surface area contributed by atoms with Crippen LogP contribution in [-0.2, 0) is 4.79 Å². The molecule has 0 aliphatic carbocycles. The third-order valence-electron chi connectivity index (χ3n) is 5.56. The maximum Gasteiger partial charge on any atom is 0.227 e. The van der Waals surface area contributed by atoms with E-state index < -0.39 is 11.6 Å². The van der Waals surface area contributed by atoms with Crippen LogP contribution in [-0.4, -0.2) is 34.5 Å². The minimum Gasteiger partial charge on any atom is -0.356 e. The van der Waals surface area contributed by atoms with Crippen LogP contribution in [0, 0.1) is 11.6 Å². The second kappa shape index (κ2) is 7.03. The molecule has 2 aromatic rings. The Labute approximate surface area is 161 Å². The Hall–Kier alpha value is -2.28. The summed E-state index contributed by atoms with van der Waals surface area (Å²) in [6.07, 6.45) is 4.94. The van der Waals surface area contributed by atoms with Gasteiger partial charge in [0.15, 0.2) is 11.6 Å². The largest absolute Gasteiger partial charge is 0.356 e. The molecule has 0 saturated carbocycles. The van der Waals surface area contributed by atoms with Crippen molar-refractivity contribution in [3.8, 4) is 0 Å². The van der Waals surface area contributed by atoms with E-state index in [1.165, 1.54) is 12.4 Å². The summed E-state index contributed by atoms with van der Waals surface area (Å²) in [5, 5.41) is 0.386. The summed E-state index contributed by atoms with van der Waals surface area (Å²) in [7, 11) is 0. The normalized spacial score (nSPS) is 19.6. The molecular formula is C19H19ClF2N4O. The van der Waals surface area contributed by atoms with Crippen LogP contribution in [0.2, 0.25) is 5.15 Å². The van der Waals surface area contributed by atoms with E-state index in [0.29, 0.717) is 30.4 Å². The first-order chi connectivity index (χ1) is 13.0. The minimum atomic E-state index is -0.936. The van der Waals surface area contributed by atoms with E-state index in [9.17, 15) is 13.6 Å². The van der Waals surface area contributed by atoms with Crippen LogP contribution in [0.1, 0.15) is 32.1 Å². The van der Waals surface area contributed by atoms with E-state index in [1.807, 2.05) is 0 Å². The summed E-state index contributed by atoms with van der Waals surface area (Å²) < 4.78 is 27.2. The summed E-state index contributed by atoms with van der Waals surface area (Å²) in [6, 6.07) is 5.41. The van der Waals surface area contributed by atoms with Gasteiger partial charge < -0.3 is 9.80 Å². The molecule has 0 radical (unpaired) electrons. The highest BCUT2D eigenvalue weighted by atomic mass is 35.5. The summed E-state index contributed by atoms with van der Waals surface area (Å²) in [6.45, 7) is 1.39. The lowest BCUT2D eigenvalue weighted by molar-refractivity contribution is -0.121. The van der Waals surface area contributed by atoms with E-state index >= 15 is 0 Å². The molecule has 2 aliphatic heterocycles. The number of anilines is 2. The van der Waals surface area contributed by atoms with Crippen LogP contribution >= 0.6 is 11.6 Å². The Balaban J connectivity index is 1.60. The van der Waals surface area contributed by atoms with Gasteiger partial charge in [0, 0.05) is 37.3 Å². The topological polar surface area (TPSA) is 49.3 Å². The number of aromatic nitrogens is 2. The van der Waals surface area contributed by atoms with Gasteiger partial charge in [0.2, 0.25) is 5.91 Å². The number of rotatable bonds is 2. The molecule has 0 unspecified atom stereocenters. The molecule has 142 valence electrons. The van der Waals surface area contributed by atoms with Gasteiger partial charge in [-0.05, 0) is 37.8 Å². The van der Waals surface area contributed by atoms with Crippen molar-refractivity contribution >= 4 is 29.0 Å². The van der Waals surface area contributed by atoms with Crippen molar-refractivity contribution < 1.29 is 13.6 Å². The number of hydrogen-bond donors (Lipinski definition) is 0. The predicted molar refractivity (Wildman–Crippen MR) is 98.9 cm³/mol. The van der Waals surface area contributed by atoms with Crippen molar-refractivity contribution in [1.29, 1.82) is 0 Å². The van der Waals surface area contributed by atoms with Crippen molar-refractivity contribution in [2.24, 2.45) is 0 Å². The molecule has 3 heterocycles. The van der Waals surface area contributed by atoms with Gasteiger partial charge in [0.05, 0.1) is 5.54 Å². The number of halogens is 3. The number of carbonyl (C=O) groups excluding carboxylic acids is 1. The van der Waals surface area contributed by atoms with Crippen LogP contribution in [0.5, 0.6) is 0 Å². The maximum absolute atomic E-state index is 13.8. The van der Waals surface area contributed by atoms with E-state index in [4.69, 9.17) is 11.6 Å². The Morgan fingerprint density at radius 1 is 1.04 bits per heavy atom. The van der Waals surface area contributed by atoms with Gasteiger partial charge in [0.25, 0.3) is 0 Å². The highest BCUT2D eigenvalue weighted by molar-refractivity contribution is 6.29. The van der Waals surface area contributed by atoms with Crippen LogP contribution in [0.15, 0.2) is 30.6 Å². The lowest BCUT2D eigenvalue weighted by atomic mass is 9.78. The zero-order valence-electron chi connectivity index (χ0n) is 14.7. The molecule has 4 rings (SSSR count). The summed E-state index contributed by atoms with van der Waals surface area (Å²) in [4.78, 5) is 24.7. The molecule has 1 amide bonds. The van der Waals surface area contributed by atoms with Gasteiger partial charge in [-0.15, -0.1) is 0 Å². The van der Waals surface area contributed by atoms with Gasteiger partial charge in [-0.25, -0.2) is 18.7 Å².